The monoisotopic (exact) mass is 432 g/mol. The molecule has 0 amide bonds. The molecule has 0 atom stereocenters. The van der Waals surface area contributed by atoms with E-state index in [0.717, 1.165) is 31.2 Å². The third kappa shape index (κ3) is 18.6. The standard InChI is InChI=1S/C27H44O4/c28-26(29)22-18-13-11-9-7-5-3-1-2-4-6-8-10-12-14-19-23-27(30)31-24-25-20-16-15-17-21-25/h15-17,20-21H,1-14,18-19,22-24H2,(H,28,29). The number of benzene rings is 1. The van der Waals surface area contributed by atoms with Crippen LogP contribution in [0.15, 0.2) is 30.3 Å². The summed E-state index contributed by atoms with van der Waals surface area (Å²) in [4.78, 5) is 22.2. The first-order valence-electron chi connectivity index (χ1n) is 12.6. The summed E-state index contributed by atoms with van der Waals surface area (Å²) in [5.74, 6) is -0.751. The molecule has 0 aromatic heterocycles. The molecular weight excluding hydrogens is 388 g/mol. The Morgan fingerprint density at radius 2 is 0.968 bits per heavy atom. The van der Waals surface area contributed by atoms with Crippen molar-refractivity contribution in [3.63, 3.8) is 0 Å². The molecule has 1 aromatic rings. The van der Waals surface area contributed by atoms with Gasteiger partial charge in [-0.3, -0.25) is 9.59 Å². The van der Waals surface area contributed by atoms with Gasteiger partial charge in [0, 0.05) is 12.8 Å². The van der Waals surface area contributed by atoms with Crippen molar-refractivity contribution in [2.45, 2.75) is 122 Å². The number of hydrogen-bond acceptors (Lipinski definition) is 3. The predicted molar refractivity (Wildman–Crippen MR) is 127 cm³/mol. The zero-order valence-corrected chi connectivity index (χ0v) is 19.5. The summed E-state index contributed by atoms with van der Waals surface area (Å²) in [6.07, 6.45) is 20.4. The van der Waals surface area contributed by atoms with E-state index in [2.05, 4.69) is 0 Å². The Morgan fingerprint density at radius 1 is 0.581 bits per heavy atom. The summed E-state index contributed by atoms with van der Waals surface area (Å²) >= 11 is 0. The third-order valence-corrected chi connectivity index (χ3v) is 5.76. The Morgan fingerprint density at radius 3 is 1.39 bits per heavy atom. The van der Waals surface area contributed by atoms with Crippen molar-refractivity contribution in [2.24, 2.45) is 0 Å². The van der Waals surface area contributed by atoms with Crippen molar-refractivity contribution < 1.29 is 19.4 Å². The van der Waals surface area contributed by atoms with E-state index < -0.39 is 5.97 Å². The van der Waals surface area contributed by atoms with Gasteiger partial charge in [-0.25, -0.2) is 0 Å². The van der Waals surface area contributed by atoms with Gasteiger partial charge in [0.15, 0.2) is 0 Å². The fourth-order valence-corrected chi connectivity index (χ4v) is 3.83. The van der Waals surface area contributed by atoms with E-state index in [1.165, 1.54) is 77.0 Å². The van der Waals surface area contributed by atoms with Gasteiger partial charge >= 0.3 is 11.9 Å². The first kappa shape index (κ1) is 27.2. The highest BCUT2D eigenvalue weighted by atomic mass is 16.5. The van der Waals surface area contributed by atoms with Crippen LogP contribution in [0.1, 0.15) is 121 Å². The molecule has 1 aromatic carbocycles. The highest BCUT2D eigenvalue weighted by Crippen LogP contribution is 2.14. The number of hydrogen-bond donors (Lipinski definition) is 1. The second-order valence-electron chi connectivity index (χ2n) is 8.70. The van der Waals surface area contributed by atoms with Gasteiger partial charge in [0.05, 0.1) is 0 Å². The van der Waals surface area contributed by atoms with Crippen molar-refractivity contribution in [1.29, 1.82) is 0 Å². The number of rotatable bonds is 21. The van der Waals surface area contributed by atoms with Gasteiger partial charge in [0.2, 0.25) is 0 Å². The van der Waals surface area contributed by atoms with Gasteiger partial charge in [-0.2, -0.15) is 0 Å². The SMILES string of the molecule is O=C(O)CCCCCCCCCCCCCCCCCCC(=O)OCc1ccccc1. The molecule has 4 nitrogen and oxygen atoms in total. The van der Waals surface area contributed by atoms with Crippen molar-refractivity contribution >= 4 is 11.9 Å². The van der Waals surface area contributed by atoms with Crippen LogP contribution in [-0.4, -0.2) is 17.0 Å². The maximum absolute atomic E-state index is 11.8. The lowest BCUT2D eigenvalue weighted by molar-refractivity contribution is -0.145. The molecule has 0 bridgehead atoms. The minimum atomic E-state index is -0.670. The number of aliphatic carboxylic acids is 1. The lowest BCUT2D eigenvalue weighted by Gasteiger charge is -2.05. The topological polar surface area (TPSA) is 63.6 Å². The van der Waals surface area contributed by atoms with Crippen LogP contribution >= 0.6 is 0 Å². The molecule has 0 spiro atoms. The minimum absolute atomic E-state index is 0.0814. The van der Waals surface area contributed by atoms with Crippen LogP contribution in [0.25, 0.3) is 0 Å². The van der Waals surface area contributed by atoms with Gasteiger partial charge in [0.25, 0.3) is 0 Å². The molecule has 0 aliphatic rings. The van der Waals surface area contributed by atoms with Crippen LogP contribution in [-0.2, 0) is 20.9 Å². The fraction of sp³-hybridized carbons (Fsp3) is 0.704. The maximum atomic E-state index is 11.8. The number of carbonyl (C=O) groups excluding carboxylic acids is 1. The lowest BCUT2D eigenvalue weighted by atomic mass is 10.0. The van der Waals surface area contributed by atoms with Gasteiger partial charge in [-0.05, 0) is 18.4 Å². The minimum Gasteiger partial charge on any atom is -0.481 e. The summed E-state index contributed by atoms with van der Waals surface area (Å²) in [6, 6.07) is 9.83. The summed E-state index contributed by atoms with van der Waals surface area (Å²) in [6.45, 7) is 0.383. The van der Waals surface area contributed by atoms with Gasteiger partial charge in [-0.15, -0.1) is 0 Å². The highest BCUT2D eigenvalue weighted by Gasteiger charge is 2.03. The smallest absolute Gasteiger partial charge is 0.306 e. The number of carboxylic acid groups (broad SMARTS) is 1. The van der Waals surface area contributed by atoms with Crippen LogP contribution in [0.4, 0.5) is 0 Å². The zero-order valence-electron chi connectivity index (χ0n) is 19.5. The Labute approximate surface area is 189 Å². The molecule has 0 unspecified atom stereocenters. The van der Waals surface area contributed by atoms with Crippen LogP contribution in [0.2, 0.25) is 0 Å². The van der Waals surface area contributed by atoms with Crippen molar-refractivity contribution in [2.75, 3.05) is 0 Å². The van der Waals surface area contributed by atoms with Crippen LogP contribution in [0.5, 0.6) is 0 Å². The van der Waals surface area contributed by atoms with E-state index in [9.17, 15) is 9.59 Å². The largest absolute Gasteiger partial charge is 0.481 e. The Kier molecular flexibility index (Phi) is 17.6. The Hall–Kier alpha value is -1.84. The van der Waals surface area contributed by atoms with Gasteiger partial charge < -0.3 is 9.84 Å². The number of unbranched alkanes of at least 4 members (excludes halogenated alkanes) is 15. The summed E-state index contributed by atoms with van der Waals surface area (Å²) in [7, 11) is 0. The second-order valence-corrected chi connectivity index (χ2v) is 8.70. The summed E-state index contributed by atoms with van der Waals surface area (Å²) < 4.78 is 5.31. The second kappa shape index (κ2) is 20.1. The Balaban J connectivity index is 1.73. The van der Waals surface area contributed by atoms with E-state index in [4.69, 9.17) is 9.84 Å². The molecule has 0 aliphatic carbocycles. The zero-order chi connectivity index (χ0) is 22.4. The highest BCUT2D eigenvalue weighted by molar-refractivity contribution is 5.69. The van der Waals surface area contributed by atoms with E-state index in [0.29, 0.717) is 19.4 Å². The van der Waals surface area contributed by atoms with E-state index in [1.54, 1.807) is 0 Å². The molecule has 0 aliphatic heterocycles. The number of esters is 1. The van der Waals surface area contributed by atoms with Crippen molar-refractivity contribution in [1.82, 2.24) is 0 Å². The normalized spacial score (nSPS) is 10.8. The van der Waals surface area contributed by atoms with Gasteiger partial charge in [0.1, 0.15) is 6.61 Å². The molecule has 1 rings (SSSR count). The number of ether oxygens (including phenoxy) is 1. The molecule has 176 valence electrons. The van der Waals surface area contributed by atoms with Gasteiger partial charge in [-0.1, -0.05) is 120 Å². The molecule has 0 saturated carbocycles. The van der Waals surface area contributed by atoms with Crippen LogP contribution in [0, 0.1) is 0 Å². The predicted octanol–water partition coefficient (Wildman–Crippen LogP) is 7.84. The van der Waals surface area contributed by atoms with Crippen molar-refractivity contribution in [3.05, 3.63) is 35.9 Å². The van der Waals surface area contributed by atoms with Crippen LogP contribution in [0.3, 0.4) is 0 Å². The van der Waals surface area contributed by atoms with Crippen LogP contribution < -0.4 is 0 Å². The fourth-order valence-electron chi connectivity index (χ4n) is 3.83. The molecule has 0 heterocycles. The molecule has 4 heteroatoms. The summed E-state index contributed by atoms with van der Waals surface area (Å²) in [5.41, 5.74) is 1.04. The summed E-state index contributed by atoms with van der Waals surface area (Å²) in [5, 5.41) is 8.59. The lowest BCUT2D eigenvalue weighted by Crippen LogP contribution is -2.04. The molecule has 0 radical (unpaired) electrons. The van der Waals surface area contributed by atoms with E-state index in [-0.39, 0.29) is 5.97 Å². The molecule has 1 N–H and O–H groups in total. The Bertz CT molecular complexity index is 556. The number of carboxylic acids is 1. The first-order chi connectivity index (χ1) is 15.2. The van der Waals surface area contributed by atoms with Crippen molar-refractivity contribution in [3.8, 4) is 0 Å². The number of carbonyl (C=O) groups is 2. The molecule has 31 heavy (non-hydrogen) atoms. The maximum Gasteiger partial charge on any atom is 0.306 e. The molecule has 0 saturated heterocycles. The average molecular weight is 433 g/mol. The molecular formula is C27H44O4. The quantitative estimate of drug-likeness (QED) is 0.159. The van der Waals surface area contributed by atoms with E-state index in [1.807, 2.05) is 30.3 Å². The first-order valence-corrected chi connectivity index (χ1v) is 12.6. The third-order valence-electron chi connectivity index (χ3n) is 5.76. The average Bonchev–Trinajstić information content (AvgIpc) is 2.77. The molecule has 0 fully saturated rings. The van der Waals surface area contributed by atoms with E-state index >= 15 is 0 Å².